The van der Waals surface area contributed by atoms with E-state index in [2.05, 4.69) is 10.3 Å². The molecule has 1 saturated heterocycles. The van der Waals surface area contributed by atoms with Crippen LogP contribution in [0.1, 0.15) is 63.4 Å². The molecule has 1 aromatic carbocycles. The van der Waals surface area contributed by atoms with Crippen LogP contribution >= 0.6 is 0 Å². The number of hydrogen-bond donors (Lipinski definition) is 2. The number of aliphatic imine (C=N–C) groups is 1. The standard InChI is InChI=1S/C24H34N4O4/c29-14-7-2-1-6-13-28(19-10-4-3-5-11-19)22(31)17-32-20-12-8-9-18-15-27-16-21(30)25-24(27)26-23(18)20/h8-9,12,19,29H,1-7,10-11,13-17H2,(H,25,26,30). The molecule has 8 heteroatoms. The third-order valence-electron chi connectivity index (χ3n) is 6.54. The summed E-state index contributed by atoms with van der Waals surface area (Å²) in [6.07, 6.45) is 9.49. The molecule has 0 unspecified atom stereocenters. The Kier molecular flexibility index (Phi) is 7.63. The van der Waals surface area contributed by atoms with Gasteiger partial charge in [-0.2, -0.15) is 0 Å². The number of unbranched alkanes of at least 4 members (excludes halogenated alkanes) is 3. The Balaban J connectivity index is 1.40. The second kappa shape index (κ2) is 10.8. The highest BCUT2D eigenvalue weighted by molar-refractivity contribution is 6.06. The highest BCUT2D eigenvalue weighted by Crippen LogP contribution is 2.36. The number of nitrogens with one attached hydrogen (secondary N) is 1. The molecule has 174 valence electrons. The summed E-state index contributed by atoms with van der Waals surface area (Å²) in [5.41, 5.74) is 1.69. The van der Waals surface area contributed by atoms with Gasteiger partial charge in [0, 0.05) is 31.3 Å². The zero-order valence-electron chi connectivity index (χ0n) is 18.7. The number of carbonyl (C=O) groups is 2. The highest BCUT2D eigenvalue weighted by atomic mass is 16.5. The zero-order valence-corrected chi connectivity index (χ0v) is 18.7. The van der Waals surface area contributed by atoms with E-state index in [1.807, 2.05) is 28.0 Å². The van der Waals surface area contributed by atoms with Gasteiger partial charge in [-0.3, -0.25) is 14.9 Å². The number of rotatable bonds is 10. The topological polar surface area (TPSA) is 94.5 Å². The molecular weight excluding hydrogens is 408 g/mol. The van der Waals surface area contributed by atoms with Crippen LogP contribution < -0.4 is 10.1 Å². The number of benzene rings is 1. The van der Waals surface area contributed by atoms with Gasteiger partial charge in [0.05, 0.1) is 0 Å². The summed E-state index contributed by atoms with van der Waals surface area (Å²) >= 11 is 0. The third kappa shape index (κ3) is 5.41. The van der Waals surface area contributed by atoms with Crippen molar-refractivity contribution in [2.24, 2.45) is 4.99 Å². The van der Waals surface area contributed by atoms with Crippen LogP contribution in [-0.4, -0.2) is 65.0 Å². The normalized spacial score (nSPS) is 18.0. The Morgan fingerprint density at radius 1 is 1.16 bits per heavy atom. The molecule has 3 aliphatic rings. The highest BCUT2D eigenvalue weighted by Gasteiger charge is 2.31. The van der Waals surface area contributed by atoms with Crippen LogP contribution in [0.25, 0.3) is 0 Å². The maximum Gasteiger partial charge on any atom is 0.260 e. The van der Waals surface area contributed by atoms with Crippen LogP contribution in [0.5, 0.6) is 5.75 Å². The first kappa shape index (κ1) is 22.6. The second-order valence-corrected chi connectivity index (χ2v) is 8.91. The minimum absolute atomic E-state index is 0.00940. The first-order valence-electron chi connectivity index (χ1n) is 11.9. The van der Waals surface area contributed by atoms with Gasteiger partial charge in [-0.25, -0.2) is 4.99 Å². The van der Waals surface area contributed by atoms with Gasteiger partial charge < -0.3 is 19.6 Å². The smallest absolute Gasteiger partial charge is 0.260 e. The summed E-state index contributed by atoms with van der Waals surface area (Å²) in [5, 5.41) is 11.8. The van der Waals surface area contributed by atoms with Crippen molar-refractivity contribution in [3.63, 3.8) is 0 Å². The number of fused-ring (bicyclic) bond motifs is 2. The van der Waals surface area contributed by atoms with Gasteiger partial charge in [0.2, 0.25) is 11.9 Å². The number of para-hydroxylation sites is 1. The number of guanidine groups is 1. The van der Waals surface area contributed by atoms with Gasteiger partial charge in [0.15, 0.2) is 6.61 Å². The van der Waals surface area contributed by atoms with Gasteiger partial charge in [-0.05, 0) is 31.7 Å². The average Bonchev–Trinajstić information content (AvgIpc) is 3.17. The fourth-order valence-corrected chi connectivity index (χ4v) is 4.84. The van der Waals surface area contributed by atoms with Crippen LogP contribution in [0.2, 0.25) is 0 Å². The van der Waals surface area contributed by atoms with Gasteiger partial charge in [-0.1, -0.05) is 44.2 Å². The summed E-state index contributed by atoms with van der Waals surface area (Å²) in [6.45, 7) is 1.88. The first-order valence-corrected chi connectivity index (χ1v) is 11.9. The molecule has 0 spiro atoms. The van der Waals surface area contributed by atoms with E-state index in [0.29, 0.717) is 36.5 Å². The molecule has 2 aliphatic heterocycles. The van der Waals surface area contributed by atoms with E-state index in [4.69, 9.17) is 9.84 Å². The van der Waals surface area contributed by atoms with Crippen molar-refractivity contribution in [1.29, 1.82) is 0 Å². The zero-order chi connectivity index (χ0) is 22.3. The molecule has 0 radical (unpaired) electrons. The van der Waals surface area contributed by atoms with Gasteiger partial charge >= 0.3 is 0 Å². The molecule has 1 aromatic rings. The van der Waals surface area contributed by atoms with Crippen LogP contribution in [0.4, 0.5) is 5.69 Å². The van der Waals surface area contributed by atoms with E-state index in [-0.39, 0.29) is 25.0 Å². The quantitative estimate of drug-likeness (QED) is 0.544. The summed E-state index contributed by atoms with van der Waals surface area (Å²) in [6, 6.07) is 6.02. The maximum absolute atomic E-state index is 13.2. The Morgan fingerprint density at radius 3 is 2.78 bits per heavy atom. The largest absolute Gasteiger partial charge is 0.481 e. The minimum atomic E-state index is -0.0590. The minimum Gasteiger partial charge on any atom is -0.481 e. The number of ether oxygens (including phenoxy) is 1. The predicted molar refractivity (Wildman–Crippen MR) is 122 cm³/mol. The molecule has 0 aromatic heterocycles. The van der Waals surface area contributed by atoms with E-state index in [9.17, 15) is 9.59 Å². The molecule has 2 fully saturated rings. The van der Waals surface area contributed by atoms with Gasteiger partial charge in [0.25, 0.3) is 5.91 Å². The van der Waals surface area contributed by atoms with E-state index in [0.717, 1.165) is 50.6 Å². The number of hydrogen-bond acceptors (Lipinski definition) is 6. The van der Waals surface area contributed by atoms with E-state index in [1.165, 1.54) is 19.3 Å². The van der Waals surface area contributed by atoms with Crippen molar-refractivity contribution in [3.05, 3.63) is 23.8 Å². The monoisotopic (exact) mass is 442 g/mol. The number of amides is 2. The van der Waals surface area contributed by atoms with Crippen molar-refractivity contribution in [2.75, 3.05) is 26.3 Å². The number of aliphatic hydroxyl groups excluding tert-OH is 1. The lowest BCUT2D eigenvalue weighted by atomic mass is 9.94. The van der Waals surface area contributed by atoms with Crippen molar-refractivity contribution in [3.8, 4) is 5.75 Å². The number of aliphatic hydroxyl groups is 1. The van der Waals surface area contributed by atoms with Gasteiger partial charge in [0.1, 0.15) is 18.0 Å². The molecule has 2 N–H and O–H groups in total. The van der Waals surface area contributed by atoms with Crippen molar-refractivity contribution in [2.45, 2.75) is 70.4 Å². The van der Waals surface area contributed by atoms with E-state index >= 15 is 0 Å². The van der Waals surface area contributed by atoms with E-state index < -0.39 is 0 Å². The molecule has 8 nitrogen and oxygen atoms in total. The van der Waals surface area contributed by atoms with Gasteiger partial charge in [-0.15, -0.1) is 0 Å². The molecule has 32 heavy (non-hydrogen) atoms. The Bertz CT molecular complexity index is 850. The average molecular weight is 443 g/mol. The Labute approximate surface area is 189 Å². The van der Waals surface area contributed by atoms with E-state index in [1.54, 1.807) is 0 Å². The molecule has 4 rings (SSSR count). The number of nitrogens with zero attached hydrogens (tertiary/aromatic N) is 3. The fraction of sp³-hybridized carbons (Fsp3) is 0.625. The van der Waals surface area contributed by atoms with Crippen molar-refractivity contribution in [1.82, 2.24) is 15.1 Å². The molecular formula is C24H34N4O4. The second-order valence-electron chi connectivity index (χ2n) is 8.91. The Hall–Kier alpha value is -2.61. The summed E-state index contributed by atoms with van der Waals surface area (Å²) in [4.78, 5) is 33.4. The van der Waals surface area contributed by atoms with Crippen LogP contribution in [-0.2, 0) is 16.1 Å². The lowest BCUT2D eigenvalue weighted by Crippen LogP contribution is -2.44. The van der Waals surface area contributed by atoms with Crippen molar-refractivity contribution >= 4 is 23.5 Å². The fourth-order valence-electron chi connectivity index (χ4n) is 4.84. The molecule has 0 bridgehead atoms. The molecule has 1 aliphatic carbocycles. The van der Waals surface area contributed by atoms with Crippen LogP contribution in [0.15, 0.2) is 23.2 Å². The lowest BCUT2D eigenvalue weighted by Gasteiger charge is -2.34. The SMILES string of the molecule is O=C1CN2Cc3cccc(OCC(=O)N(CCCCCCO)C4CCCCC4)c3N=C2N1. The third-order valence-corrected chi connectivity index (χ3v) is 6.54. The predicted octanol–water partition coefficient (Wildman–Crippen LogP) is 2.71. The summed E-state index contributed by atoms with van der Waals surface area (Å²) in [5.74, 6) is 1.10. The molecule has 2 heterocycles. The molecule has 0 atom stereocenters. The summed E-state index contributed by atoms with van der Waals surface area (Å²) in [7, 11) is 0. The first-order chi connectivity index (χ1) is 15.7. The van der Waals surface area contributed by atoms with Crippen LogP contribution in [0.3, 0.4) is 0 Å². The summed E-state index contributed by atoms with van der Waals surface area (Å²) < 4.78 is 6.00. The van der Waals surface area contributed by atoms with Crippen molar-refractivity contribution < 1.29 is 19.4 Å². The molecule has 2 amide bonds. The number of carbonyl (C=O) groups excluding carboxylic acids is 2. The van der Waals surface area contributed by atoms with Crippen LogP contribution in [0, 0.1) is 0 Å². The lowest BCUT2D eigenvalue weighted by molar-refractivity contribution is -0.136. The maximum atomic E-state index is 13.2. The Morgan fingerprint density at radius 2 is 1.97 bits per heavy atom. The molecule has 1 saturated carbocycles.